The number of alkyl halides is 3. The van der Waals surface area contributed by atoms with E-state index < -0.39 is 26.2 Å². The molecule has 0 radical (unpaired) electrons. The maximum atomic E-state index is 11.9. The van der Waals surface area contributed by atoms with Crippen molar-refractivity contribution < 1.29 is 12.6 Å². The molecule has 1 N–H and O–H groups in total. The second-order valence-corrected chi connectivity index (χ2v) is 8.35. The molecule has 0 aliphatic heterocycles. The normalized spacial score (nSPS) is 15.8. The fourth-order valence-electron chi connectivity index (χ4n) is 1.59. The number of benzene rings is 1. The first kappa shape index (κ1) is 18.0. The topological polar surface area (TPSA) is 55.4 Å². The lowest BCUT2D eigenvalue weighted by Gasteiger charge is -2.29. The lowest BCUT2D eigenvalue weighted by atomic mass is 9.91. The summed E-state index contributed by atoms with van der Waals surface area (Å²) in [7, 11) is -4.04. The lowest BCUT2D eigenvalue weighted by Crippen LogP contribution is -2.44. The van der Waals surface area contributed by atoms with E-state index in [0.717, 1.165) is 5.56 Å². The second-order valence-electron chi connectivity index (χ2n) is 4.49. The van der Waals surface area contributed by atoms with E-state index in [1.165, 1.54) is 0 Å². The van der Waals surface area contributed by atoms with Gasteiger partial charge in [0.1, 0.15) is 6.61 Å². The van der Waals surface area contributed by atoms with E-state index in [0.29, 0.717) is 6.42 Å². The molecular weight excluding hydrogens is 345 g/mol. The van der Waals surface area contributed by atoms with Gasteiger partial charge in [-0.15, -0.1) is 0 Å². The van der Waals surface area contributed by atoms with E-state index in [-0.39, 0.29) is 0 Å². The van der Waals surface area contributed by atoms with E-state index in [1.54, 1.807) is 6.92 Å². The van der Waals surface area contributed by atoms with Crippen molar-refractivity contribution in [1.29, 1.82) is 0 Å². The molecule has 8 heteroatoms. The number of hydrogen-bond donors (Lipinski definition) is 1. The Morgan fingerprint density at radius 3 is 2.20 bits per heavy atom. The fourth-order valence-corrected chi connectivity index (χ4v) is 3.15. The minimum absolute atomic E-state index is 0.535. The third-order valence-electron chi connectivity index (χ3n) is 2.85. The van der Waals surface area contributed by atoms with Gasteiger partial charge in [0, 0.05) is 0 Å². The van der Waals surface area contributed by atoms with Crippen molar-refractivity contribution in [2.45, 2.75) is 29.6 Å². The molecule has 0 heterocycles. The van der Waals surface area contributed by atoms with Gasteiger partial charge in [-0.2, -0.15) is 13.1 Å². The monoisotopic (exact) mass is 359 g/mol. The van der Waals surface area contributed by atoms with Gasteiger partial charge < -0.3 is 0 Å². The summed E-state index contributed by atoms with van der Waals surface area (Å²) in [5.74, 6) is 0. The largest absolute Gasteiger partial charge is 0.336 e. The van der Waals surface area contributed by atoms with E-state index in [4.69, 9.17) is 34.8 Å². The average molecular weight is 361 g/mol. The van der Waals surface area contributed by atoms with E-state index >= 15 is 0 Å². The Hall–Kier alpha value is -0.0400. The van der Waals surface area contributed by atoms with Gasteiger partial charge in [-0.3, -0.25) is 4.18 Å². The van der Waals surface area contributed by atoms with Crippen LogP contribution in [0.4, 0.5) is 0 Å². The number of hydrogen-bond acceptors (Lipinski definition) is 3. The van der Waals surface area contributed by atoms with Crippen LogP contribution >= 0.6 is 34.8 Å². The SMILES string of the molecule is CC[C@@](C)(NS(=O)(=O)OCC(Cl)(Cl)Cl)c1ccccc1. The third-order valence-corrected chi connectivity index (χ3v) is 4.30. The van der Waals surface area contributed by atoms with Crippen LogP contribution in [0.25, 0.3) is 0 Å². The van der Waals surface area contributed by atoms with Crippen molar-refractivity contribution in [3.05, 3.63) is 35.9 Å². The Balaban J connectivity index is 2.88. The molecule has 0 unspecified atom stereocenters. The molecule has 0 bridgehead atoms. The van der Waals surface area contributed by atoms with Crippen molar-refractivity contribution in [1.82, 2.24) is 4.72 Å². The smallest absolute Gasteiger partial charge is 0.254 e. The van der Waals surface area contributed by atoms with Crippen LogP contribution in [0, 0.1) is 0 Å². The van der Waals surface area contributed by atoms with Gasteiger partial charge in [0.25, 0.3) is 0 Å². The highest BCUT2D eigenvalue weighted by Crippen LogP contribution is 2.28. The maximum Gasteiger partial charge on any atom is 0.336 e. The summed E-state index contributed by atoms with van der Waals surface area (Å²) >= 11 is 16.4. The molecule has 1 rings (SSSR count). The molecule has 4 nitrogen and oxygen atoms in total. The van der Waals surface area contributed by atoms with Crippen LogP contribution < -0.4 is 4.72 Å². The summed E-state index contributed by atoms with van der Waals surface area (Å²) in [5.41, 5.74) is 0.0248. The minimum Gasteiger partial charge on any atom is -0.254 e. The fraction of sp³-hybridized carbons (Fsp3) is 0.500. The van der Waals surface area contributed by atoms with Gasteiger partial charge in [0.2, 0.25) is 3.79 Å². The molecule has 1 aromatic rings. The number of halogens is 3. The van der Waals surface area contributed by atoms with Crippen molar-refractivity contribution >= 4 is 45.1 Å². The van der Waals surface area contributed by atoms with E-state index in [9.17, 15) is 8.42 Å². The molecule has 0 aliphatic rings. The van der Waals surface area contributed by atoms with Crippen LogP contribution in [0.5, 0.6) is 0 Å². The summed E-state index contributed by atoms with van der Waals surface area (Å²) in [5, 5.41) is 0. The lowest BCUT2D eigenvalue weighted by molar-refractivity contribution is 0.297. The molecule has 0 saturated carbocycles. The summed E-state index contributed by atoms with van der Waals surface area (Å²) in [4.78, 5) is 0. The molecule has 0 saturated heterocycles. The predicted octanol–water partition coefficient (Wildman–Crippen LogP) is 3.53. The van der Waals surface area contributed by atoms with Crippen molar-refractivity contribution in [2.24, 2.45) is 0 Å². The number of nitrogens with one attached hydrogen (secondary N) is 1. The Morgan fingerprint density at radius 1 is 1.20 bits per heavy atom. The van der Waals surface area contributed by atoms with Gasteiger partial charge >= 0.3 is 10.3 Å². The standard InChI is InChI=1S/C12H16Cl3NO3S/c1-3-11(2,10-7-5-4-6-8-10)16-20(17,18)19-9-12(13,14)15/h4-8,16H,3,9H2,1-2H3/t11-/m1/s1. The quantitative estimate of drug-likeness (QED) is 0.790. The van der Waals surface area contributed by atoms with Crippen LogP contribution in [-0.4, -0.2) is 18.8 Å². The van der Waals surface area contributed by atoms with Crippen LogP contribution in [0.1, 0.15) is 25.8 Å². The zero-order valence-electron chi connectivity index (χ0n) is 11.1. The predicted molar refractivity (Wildman–Crippen MR) is 82.4 cm³/mol. The highest BCUT2D eigenvalue weighted by atomic mass is 35.6. The third kappa shape index (κ3) is 5.76. The molecule has 1 aromatic carbocycles. The molecule has 1 atom stereocenters. The van der Waals surface area contributed by atoms with Gasteiger partial charge in [-0.1, -0.05) is 72.1 Å². The van der Waals surface area contributed by atoms with E-state index in [2.05, 4.69) is 8.91 Å². The van der Waals surface area contributed by atoms with Gasteiger partial charge in [-0.05, 0) is 18.9 Å². The van der Waals surface area contributed by atoms with Crippen molar-refractivity contribution in [3.63, 3.8) is 0 Å². The maximum absolute atomic E-state index is 11.9. The summed E-state index contributed by atoms with van der Waals surface area (Å²) in [6.45, 7) is 3.07. The van der Waals surface area contributed by atoms with Gasteiger partial charge in [-0.25, -0.2) is 0 Å². The van der Waals surface area contributed by atoms with Crippen molar-refractivity contribution in [2.75, 3.05) is 6.61 Å². The molecule has 0 spiro atoms. The summed E-state index contributed by atoms with van der Waals surface area (Å²) < 4.78 is 29.2. The zero-order chi connectivity index (χ0) is 15.4. The summed E-state index contributed by atoms with van der Waals surface area (Å²) in [6.07, 6.45) is 0.535. The number of rotatable bonds is 6. The molecule has 114 valence electrons. The van der Waals surface area contributed by atoms with Gasteiger partial charge in [0.05, 0.1) is 5.54 Å². The van der Waals surface area contributed by atoms with Crippen LogP contribution in [0.2, 0.25) is 0 Å². The van der Waals surface area contributed by atoms with Crippen molar-refractivity contribution in [3.8, 4) is 0 Å². The Kier molecular flexibility index (Phi) is 6.14. The van der Waals surface area contributed by atoms with Crippen LogP contribution in [0.15, 0.2) is 30.3 Å². The second kappa shape index (κ2) is 6.81. The molecular formula is C12H16Cl3NO3S. The molecule has 0 aromatic heterocycles. The Bertz CT molecular complexity index is 531. The minimum atomic E-state index is -4.04. The van der Waals surface area contributed by atoms with E-state index in [1.807, 2.05) is 37.3 Å². The molecule has 0 fully saturated rings. The Morgan fingerprint density at radius 2 is 1.75 bits per heavy atom. The van der Waals surface area contributed by atoms with Crippen LogP contribution in [-0.2, 0) is 20.0 Å². The first-order chi connectivity index (χ1) is 9.08. The highest BCUT2D eigenvalue weighted by molar-refractivity contribution is 7.84. The first-order valence-corrected chi connectivity index (χ1v) is 8.43. The molecule has 20 heavy (non-hydrogen) atoms. The average Bonchev–Trinajstić information content (AvgIpc) is 2.36. The first-order valence-electron chi connectivity index (χ1n) is 5.88. The van der Waals surface area contributed by atoms with Crippen LogP contribution in [0.3, 0.4) is 0 Å². The summed E-state index contributed by atoms with van der Waals surface area (Å²) in [6, 6.07) is 9.19. The highest BCUT2D eigenvalue weighted by Gasteiger charge is 2.32. The molecule has 0 aliphatic carbocycles. The zero-order valence-corrected chi connectivity index (χ0v) is 14.2. The Labute approximate surface area is 134 Å². The van der Waals surface area contributed by atoms with Gasteiger partial charge in [0.15, 0.2) is 0 Å². The molecule has 0 amide bonds.